The van der Waals surface area contributed by atoms with Gasteiger partial charge in [0.25, 0.3) is 0 Å². The van der Waals surface area contributed by atoms with Gasteiger partial charge in [-0.25, -0.2) is 0 Å². The molecular formula is C14H18F3NO. The topological polar surface area (TPSA) is 21.3 Å². The number of alkyl halides is 3. The van der Waals surface area contributed by atoms with Crippen LogP contribution in [0.4, 0.5) is 13.2 Å². The zero-order chi connectivity index (χ0) is 13.7. The number of benzene rings is 1. The molecule has 0 spiro atoms. The van der Waals surface area contributed by atoms with Crippen LogP contribution in [0.5, 0.6) is 0 Å². The minimum absolute atomic E-state index is 0.0739. The smallest absolute Gasteiger partial charge is 0.371 e. The zero-order valence-corrected chi connectivity index (χ0v) is 10.7. The highest BCUT2D eigenvalue weighted by Crippen LogP contribution is 2.22. The first-order valence-electron chi connectivity index (χ1n) is 6.50. The molecule has 0 saturated heterocycles. The van der Waals surface area contributed by atoms with Crippen molar-refractivity contribution in [2.24, 2.45) is 0 Å². The Kier molecular flexibility index (Phi) is 4.82. The van der Waals surface area contributed by atoms with Crippen molar-refractivity contribution in [3.8, 4) is 0 Å². The van der Waals surface area contributed by atoms with Gasteiger partial charge in [-0.2, -0.15) is 13.2 Å². The third-order valence-corrected chi connectivity index (χ3v) is 3.18. The van der Waals surface area contributed by atoms with Crippen molar-refractivity contribution in [2.45, 2.75) is 32.0 Å². The van der Waals surface area contributed by atoms with Crippen LogP contribution in [0.15, 0.2) is 18.2 Å². The first kappa shape index (κ1) is 14.3. The lowest BCUT2D eigenvalue weighted by atomic mass is 10.1. The lowest BCUT2D eigenvalue weighted by Gasteiger charge is -2.09. The van der Waals surface area contributed by atoms with Crippen molar-refractivity contribution in [3.05, 3.63) is 34.9 Å². The number of fused-ring (bicyclic) bond motifs is 1. The van der Waals surface area contributed by atoms with E-state index in [1.54, 1.807) is 0 Å². The molecule has 106 valence electrons. The first-order valence-corrected chi connectivity index (χ1v) is 6.50. The molecule has 1 aromatic rings. The SMILES string of the molecule is FC(F)(F)COCCNCc1ccc2c(c1)CCC2. The summed E-state index contributed by atoms with van der Waals surface area (Å²) in [5, 5.41) is 3.09. The average Bonchev–Trinajstić information content (AvgIpc) is 2.79. The van der Waals surface area contributed by atoms with E-state index in [0.717, 1.165) is 12.8 Å². The Morgan fingerprint density at radius 3 is 2.74 bits per heavy atom. The molecule has 0 atom stereocenters. The van der Waals surface area contributed by atoms with Crippen molar-refractivity contribution in [1.29, 1.82) is 0 Å². The number of nitrogens with one attached hydrogen (secondary N) is 1. The predicted octanol–water partition coefficient (Wildman–Crippen LogP) is 2.84. The third kappa shape index (κ3) is 4.84. The van der Waals surface area contributed by atoms with Crippen LogP contribution in [0, 0.1) is 0 Å². The number of hydrogen-bond acceptors (Lipinski definition) is 2. The third-order valence-electron chi connectivity index (χ3n) is 3.18. The molecule has 0 bridgehead atoms. The van der Waals surface area contributed by atoms with E-state index in [9.17, 15) is 13.2 Å². The maximum Gasteiger partial charge on any atom is 0.411 e. The second-order valence-corrected chi connectivity index (χ2v) is 4.80. The summed E-state index contributed by atoms with van der Waals surface area (Å²) in [6.45, 7) is -0.00615. The lowest BCUT2D eigenvalue weighted by molar-refractivity contribution is -0.173. The van der Waals surface area contributed by atoms with Crippen molar-refractivity contribution in [2.75, 3.05) is 19.8 Å². The highest BCUT2D eigenvalue weighted by atomic mass is 19.4. The normalized spacial score (nSPS) is 14.7. The van der Waals surface area contributed by atoms with Crippen LogP contribution < -0.4 is 5.32 Å². The number of rotatable bonds is 6. The number of hydrogen-bond donors (Lipinski definition) is 1. The Bertz CT molecular complexity index is 418. The number of ether oxygens (including phenoxy) is 1. The molecule has 1 N–H and O–H groups in total. The Labute approximate surface area is 111 Å². The molecule has 2 nitrogen and oxygen atoms in total. The van der Waals surface area contributed by atoms with E-state index in [0.29, 0.717) is 13.1 Å². The summed E-state index contributed by atoms with van der Waals surface area (Å²) < 4.78 is 40.0. The van der Waals surface area contributed by atoms with Gasteiger partial charge < -0.3 is 10.1 Å². The van der Waals surface area contributed by atoms with Crippen LogP contribution >= 0.6 is 0 Å². The van der Waals surface area contributed by atoms with Gasteiger partial charge in [0.2, 0.25) is 0 Å². The molecule has 0 fully saturated rings. The minimum atomic E-state index is -4.24. The van der Waals surface area contributed by atoms with Crippen LogP contribution in [0.1, 0.15) is 23.1 Å². The van der Waals surface area contributed by atoms with Crippen molar-refractivity contribution < 1.29 is 17.9 Å². The largest absolute Gasteiger partial charge is 0.411 e. The Hall–Kier alpha value is -1.07. The minimum Gasteiger partial charge on any atom is -0.371 e. The van der Waals surface area contributed by atoms with Crippen molar-refractivity contribution in [1.82, 2.24) is 5.32 Å². The maximum atomic E-state index is 11.8. The summed E-state index contributed by atoms with van der Waals surface area (Å²) in [7, 11) is 0. The summed E-state index contributed by atoms with van der Waals surface area (Å²) in [6, 6.07) is 6.42. The summed E-state index contributed by atoms with van der Waals surface area (Å²) in [5.74, 6) is 0. The molecule has 0 unspecified atom stereocenters. The zero-order valence-electron chi connectivity index (χ0n) is 10.7. The number of halogens is 3. The first-order chi connectivity index (χ1) is 9.04. The number of aryl methyl sites for hydroxylation is 2. The molecule has 2 rings (SSSR count). The fourth-order valence-electron chi connectivity index (χ4n) is 2.30. The lowest BCUT2D eigenvalue weighted by Crippen LogP contribution is -2.23. The van der Waals surface area contributed by atoms with Gasteiger partial charge in [0, 0.05) is 13.1 Å². The highest BCUT2D eigenvalue weighted by Gasteiger charge is 2.27. The van der Waals surface area contributed by atoms with Gasteiger partial charge in [0.1, 0.15) is 6.61 Å². The molecule has 1 aromatic carbocycles. The van der Waals surface area contributed by atoms with Crippen molar-refractivity contribution in [3.63, 3.8) is 0 Å². The molecule has 19 heavy (non-hydrogen) atoms. The van der Waals surface area contributed by atoms with Crippen LogP contribution in [0.2, 0.25) is 0 Å². The average molecular weight is 273 g/mol. The molecule has 0 aromatic heterocycles. The molecule has 0 radical (unpaired) electrons. The van der Waals surface area contributed by atoms with Gasteiger partial charge in [0.05, 0.1) is 6.61 Å². The van der Waals surface area contributed by atoms with E-state index in [1.807, 2.05) is 0 Å². The predicted molar refractivity (Wildman–Crippen MR) is 67.0 cm³/mol. The van der Waals surface area contributed by atoms with Gasteiger partial charge in [-0.1, -0.05) is 18.2 Å². The van der Waals surface area contributed by atoms with E-state index in [1.165, 1.54) is 23.1 Å². The molecule has 0 amide bonds. The second-order valence-electron chi connectivity index (χ2n) is 4.80. The van der Waals surface area contributed by atoms with Crippen molar-refractivity contribution >= 4 is 0 Å². The fourth-order valence-corrected chi connectivity index (χ4v) is 2.30. The van der Waals surface area contributed by atoms with Gasteiger partial charge in [-0.15, -0.1) is 0 Å². The van der Waals surface area contributed by atoms with E-state index >= 15 is 0 Å². The van der Waals surface area contributed by atoms with Gasteiger partial charge in [-0.3, -0.25) is 0 Å². The Morgan fingerprint density at radius 2 is 1.95 bits per heavy atom. The Balaban J connectivity index is 1.63. The molecule has 5 heteroatoms. The Morgan fingerprint density at radius 1 is 1.16 bits per heavy atom. The van der Waals surface area contributed by atoms with Gasteiger partial charge in [0.15, 0.2) is 0 Å². The molecular weight excluding hydrogens is 255 g/mol. The van der Waals surface area contributed by atoms with E-state index in [4.69, 9.17) is 0 Å². The fraction of sp³-hybridized carbons (Fsp3) is 0.571. The van der Waals surface area contributed by atoms with Gasteiger partial charge >= 0.3 is 6.18 Å². The molecule has 0 saturated carbocycles. The van der Waals surface area contributed by atoms with Gasteiger partial charge in [-0.05, 0) is 36.0 Å². The standard InChI is InChI=1S/C14H18F3NO/c15-14(16,17)10-19-7-6-18-9-11-4-5-12-2-1-3-13(12)8-11/h4-5,8,18H,1-3,6-7,9-10H2. The van der Waals surface area contributed by atoms with E-state index in [2.05, 4.69) is 28.3 Å². The molecule has 1 aliphatic rings. The summed E-state index contributed by atoms with van der Waals surface area (Å²) >= 11 is 0. The van der Waals surface area contributed by atoms with E-state index in [-0.39, 0.29) is 6.61 Å². The monoisotopic (exact) mass is 273 g/mol. The van der Waals surface area contributed by atoms with Crippen LogP contribution in [0.3, 0.4) is 0 Å². The summed E-state index contributed by atoms with van der Waals surface area (Å²) in [5.41, 5.74) is 4.02. The second kappa shape index (κ2) is 6.39. The molecule has 1 aliphatic carbocycles. The quantitative estimate of drug-likeness (QED) is 0.805. The highest BCUT2D eigenvalue weighted by molar-refractivity contribution is 5.35. The summed E-state index contributed by atoms with van der Waals surface area (Å²) in [6.07, 6.45) is -0.719. The van der Waals surface area contributed by atoms with E-state index < -0.39 is 12.8 Å². The van der Waals surface area contributed by atoms with Crippen LogP contribution in [0.25, 0.3) is 0 Å². The summed E-state index contributed by atoms with van der Waals surface area (Å²) in [4.78, 5) is 0. The maximum absolute atomic E-state index is 11.8. The molecule has 0 aliphatic heterocycles. The molecule has 0 heterocycles. The van der Waals surface area contributed by atoms with Crippen LogP contribution in [-0.4, -0.2) is 25.9 Å². The van der Waals surface area contributed by atoms with Crippen LogP contribution in [-0.2, 0) is 24.1 Å².